The fourth-order valence-electron chi connectivity index (χ4n) is 2.64. The molecule has 0 aliphatic heterocycles. The molecule has 1 fully saturated rings. The Kier molecular flexibility index (Phi) is 4.58. The molecule has 1 aromatic rings. The fraction of sp³-hybridized carbons (Fsp3) is 0.625. The third-order valence-electron chi connectivity index (χ3n) is 4.22. The Morgan fingerprint density at radius 2 is 2.11 bits per heavy atom. The number of rotatable bonds is 6. The Morgan fingerprint density at radius 1 is 1.37 bits per heavy atom. The van der Waals surface area contributed by atoms with E-state index in [-0.39, 0.29) is 17.3 Å². The first-order valence-corrected chi connectivity index (χ1v) is 7.14. The summed E-state index contributed by atoms with van der Waals surface area (Å²) in [4.78, 5) is 0. The number of nitrogens with one attached hydrogen (secondary N) is 1. The molecule has 106 valence electrons. The van der Waals surface area contributed by atoms with Gasteiger partial charge >= 0.3 is 0 Å². The lowest BCUT2D eigenvalue weighted by Gasteiger charge is -2.52. The van der Waals surface area contributed by atoms with Gasteiger partial charge in [0.25, 0.3) is 0 Å². The van der Waals surface area contributed by atoms with Gasteiger partial charge in [-0.3, -0.25) is 0 Å². The number of halogens is 1. The van der Waals surface area contributed by atoms with Crippen LogP contribution in [-0.4, -0.2) is 18.7 Å². The molecule has 19 heavy (non-hydrogen) atoms. The van der Waals surface area contributed by atoms with Crippen molar-refractivity contribution in [2.24, 2.45) is 5.41 Å². The maximum atomic E-state index is 13.5. The number of benzene rings is 1. The first kappa shape index (κ1) is 14.5. The molecular formula is C16H24FNO. The minimum absolute atomic E-state index is 0.125. The van der Waals surface area contributed by atoms with Crippen LogP contribution in [0.3, 0.4) is 0 Å². The molecule has 1 saturated carbocycles. The molecule has 1 N–H and O–H groups in total. The lowest BCUT2D eigenvalue weighted by molar-refractivity contribution is -0.125. The second kappa shape index (κ2) is 6.02. The summed E-state index contributed by atoms with van der Waals surface area (Å²) in [5.41, 5.74) is 0.767. The van der Waals surface area contributed by atoms with Crippen LogP contribution in [0.5, 0.6) is 0 Å². The third kappa shape index (κ3) is 3.15. The van der Waals surface area contributed by atoms with Crippen LogP contribution in [0.15, 0.2) is 24.3 Å². The zero-order chi connectivity index (χ0) is 13.9. The average Bonchev–Trinajstić information content (AvgIpc) is 2.39. The van der Waals surface area contributed by atoms with Gasteiger partial charge in [0.2, 0.25) is 0 Å². The summed E-state index contributed by atoms with van der Waals surface area (Å²) in [6, 6.07) is 7.33. The molecule has 3 heteroatoms. The third-order valence-corrected chi connectivity index (χ3v) is 4.22. The molecule has 0 radical (unpaired) electrons. The summed E-state index contributed by atoms with van der Waals surface area (Å²) in [6.45, 7) is 8.02. The second-order valence-electron chi connectivity index (χ2n) is 5.95. The molecule has 1 aromatic carbocycles. The molecule has 0 spiro atoms. The van der Waals surface area contributed by atoms with E-state index in [1.807, 2.05) is 6.07 Å². The number of ether oxygens (including phenoxy) is 1. The minimum Gasteiger partial charge on any atom is -0.373 e. The predicted octanol–water partition coefficient (Wildman–Crippen LogP) is 3.51. The van der Waals surface area contributed by atoms with Crippen molar-refractivity contribution in [1.29, 1.82) is 0 Å². The molecule has 1 aliphatic rings. The number of hydrogen-bond donors (Lipinski definition) is 1. The van der Waals surface area contributed by atoms with E-state index < -0.39 is 0 Å². The first-order valence-electron chi connectivity index (χ1n) is 7.14. The summed E-state index contributed by atoms with van der Waals surface area (Å²) < 4.78 is 19.4. The quantitative estimate of drug-likeness (QED) is 0.850. The molecule has 0 aromatic heterocycles. The van der Waals surface area contributed by atoms with Crippen LogP contribution >= 0.6 is 0 Å². The lowest BCUT2D eigenvalue weighted by Crippen LogP contribution is -2.60. The van der Waals surface area contributed by atoms with Crippen molar-refractivity contribution in [3.05, 3.63) is 35.6 Å². The average molecular weight is 265 g/mol. The van der Waals surface area contributed by atoms with Gasteiger partial charge in [-0.05, 0) is 25.5 Å². The van der Waals surface area contributed by atoms with Gasteiger partial charge in [-0.2, -0.15) is 0 Å². The smallest absolute Gasteiger partial charge is 0.128 e. The van der Waals surface area contributed by atoms with E-state index in [1.54, 1.807) is 12.1 Å². The molecule has 2 atom stereocenters. The van der Waals surface area contributed by atoms with Gasteiger partial charge in [0.1, 0.15) is 5.82 Å². The molecule has 1 aliphatic carbocycles. The summed E-state index contributed by atoms with van der Waals surface area (Å²) in [7, 11) is 0. The summed E-state index contributed by atoms with van der Waals surface area (Å²) in [5.74, 6) is -0.180. The maximum Gasteiger partial charge on any atom is 0.128 e. The van der Waals surface area contributed by atoms with E-state index in [1.165, 1.54) is 6.07 Å². The van der Waals surface area contributed by atoms with Gasteiger partial charge in [0.05, 0.1) is 12.7 Å². The lowest BCUT2D eigenvalue weighted by atomic mass is 9.64. The van der Waals surface area contributed by atoms with Crippen LogP contribution in [-0.2, 0) is 11.3 Å². The van der Waals surface area contributed by atoms with E-state index in [0.29, 0.717) is 18.2 Å². The Morgan fingerprint density at radius 3 is 2.74 bits per heavy atom. The van der Waals surface area contributed by atoms with E-state index in [2.05, 4.69) is 26.1 Å². The number of hydrogen-bond acceptors (Lipinski definition) is 2. The summed E-state index contributed by atoms with van der Waals surface area (Å²) >= 11 is 0. The summed E-state index contributed by atoms with van der Waals surface area (Å²) in [6.07, 6.45) is 2.37. The van der Waals surface area contributed by atoms with Crippen molar-refractivity contribution in [3.8, 4) is 0 Å². The molecule has 2 rings (SSSR count). The molecule has 0 amide bonds. The van der Waals surface area contributed by atoms with Gasteiger partial charge in [0, 0.05) is 17.0 Å². The van der Waals surface area contributed by atoms with Crippen molar-refractivity contribution in [3.63, 3.8) is 0 Å². The normalized spacial score (nSPS) is 25.1. The predicted molar refractivity (Wildman–Crippen MR) is 75.5 cm³/mol. The molecule has 2 unspecified atom stereocenters. The van der Waals surface area contributed by atoms with Crippen LogP contribution in [0.25, 0.3) is 0 Å². The van der Waals surface area contributed by atoms with Crippen molar-refractivity contribution >= 4 is 0 Å². The first-order chi connectivity index (χ1) is 9.05. The minimum atomic E-state index is -0.180. The standard InChI is InChI=1S/C16H24FNO/c1-4-9-18-14-10-15(16(14,2)3)19-11-12-7-5-6-8-13(12)17/h5-8,14-15,18H,4,9-11H2,1-3H3. The van der Waals surface area contributed by atoms with Crippen molar-refractivity contribution in [1.82, 2.24) is 5.32 Å². The van der Waals surface area contributed by atoms with Gasteiger partial charge in [-0.25, -0.2) is 4.39 Å². The topological polar surface area (TPSA) is 21.3 Å². The van der Waals surface area contributed by atoms with Crippen LogP contribution < -0.4 is 5.32 Å². The monoisotopic (exact) mass is 265 g/mol. The van der Waals surface area contributed by atoms with Crippen LogP contribution in [0.2, 0.25) is 0 Å². The van der Waals surface area contributed by atoms with E-state index >= 15 is 0 Å². The van der Waals surface area contributed by atoms with Crippen LogP contribution in [0.4, 0.5) is 4.39 Å². The molecule has 0 heterocycles. The van der Waals surface area contributed by atoms with E-state index in [4.69, 9.17) is 4.74 Å². The molecule has 0 bridgehead atoms. The van der Waals surface area contributed by atoms with Crippen LogP contribution in [0, 0.1) is 11.2 Å². The van der Waals surface area contributed by atoms with E-state index in [9.17, 15) is 4.39 Å². The van der Waals surface area contributed by atoms with Gasteiger partial charge in [-0.15, -0.1) is 0 Å². The fourth-order valence-corrected chi connectivity index (χ4v) is 2.64. The van der Waals surface area contributed by atoms with Gasteiger partial charge < -0.3 is 10.1 Å². The molecular weight excluding hydrogens is 241 g/mol. The van der Waals surface area contributed by atoms with Crippen molar-refractivity contribution in [2.45, 2.75) is 52.4 Å². The largest absolute Gasteiger partial charge is 0.373 e. The van der Waals surface area contributed by atoms with E-state index in [0.717, 1.165) is 19.4 Å². The highest BCUT2D eigenvalue weighted by atomic mass is 19.1. The van der Waals surface area contributed by atoms with Crippen molar-refractivity contribution in [2.75, 3.05) is 6.54 Å². The van der Waals surface area contributed by atoms with Gasteiger partial charge in [0.15, 0.2) is 0 Å². The highest BCUT2D eigenvalue weighted by molar-refractivity contribution is 5.16. The Balaban J connectivity index is 1.84. The Bertz CT molecular complexity index is 419. The maximum absolute atomic E-state index is 13.5. The highest BCUT2D eigenvalue weighted by Crippen LogP contribution is 2.43. The zero-order valence-electron chi connectivity index (χ0n) is 12.1. The second-order valence-corrected chi connectivity index (χ2v) is 5.95. The summed E-state index contributed by atoms with van der Waals surface area (Å²) in [5, 5.41) is 3.54. The van der Waals surface area contributed by atoms with Crippen LogP contribution in [0.1, 0.15) is 39.2 Å². The SMILES string of the molecule is CCCNC1CC(OCc2ccccc2F)C1(C)C. The van der Waals surface area contributed by atoms with Gasteiger partial charge in [-0.1, -0.05) is 39.0 Å². The highest BCUT2D eigenvalue weighted by Gasteiger charge is 2.48. The Hall–Kier alpha value is -0.930. The van der Waals surface area contributed by atoms with Crippen molar-refractivity contribution < 1.29 is 9.13 Å². The molecule has 0 saturated heterocycles. The zero-order valence-corrected chi connectivity index (χ0v) is 12.1. The molecule has 2 nitrogen and oxygen atoms in total. The Labute approximate surface area is 115 Å².